The summed E-state index contributed by atoms with van der Waals surface area (Å²) >= 11 is 0. The summed E-state index contributed by atoms with van der Waals surface area (Å²) in [7, 11) is 0. The Morgan fingerprint density at radius 1 is 1.05 bits per heavy atom. The fraction of sp³-hybridized carbons (Fsp3) is 0.222. The third kappa shape index (κ3) is 2.28. The zero-order valence-electron chi connectivity index (χ0n) is 11.1. The normalized spacial score (nSPS) is 15.1. The Morgan fingerprint density at radius 2 is 1.79 bits per heavy atom. The number of benzene rings is 2. The van der Waals surface area contributed by atoms with Crippen molar-refractivity contribution in [2.75, 3.05) is 11.4 Å². The lowest BCUT2D eigenvalue weighted by Crippen LogP contribution is -2.26. The van der Waals surface area contributed by atoms with Gasteiger partial charge < -0.3 is 4.90 Å². The predicted molar refractivity (Wildman–Crippen MR) is 81.5 cm³/mol. The number of rotatable bonds is 4. The highest BCUT2D eigenvalue weighted by Gasteiger charge is 2.25. The van der Waals surface area contributed by atoms with Crippen LogP contribution in [0.15, 0.2) is 67.3 Å². The van der Waals surface area contributed by atoms with Crippen LogP contribution in [-0.4, -0.2) is 6.54 Å². The Hall–Kier alpha value is -2.02. The molecule has 96 valence electrons. The molecule has 0 aromatic heterocycles. The number of hydrogen-bond acceptors (Lipinski definition) is 1. The second-order valence-corrected chi connectivity index (χ2v) is 5.02. The van der Waals surface area contributed by atoms with Crippen LogP contribution < -0.4 is 4.90 Å². The van der Waals surface area contributed by atoms with Gasteiger partial charge in [0, 0.05) is 12.2 Å². The topological polar surface area (TPSA) is 3.24 Å². The molecule has 1 nitrogen and oxygen atoms in total. The first-order valence-electron chi connectivity index (χ1n) is 6.90. The maximum absolute atomic E-state index is 3.93. The van der Waals surface area contributed by atoms with Crippen LogP contribution in [0.5, 0.6) is 0 Å². The van der Waals surface area contributed by atoms with Crippen LogP contribution in [0.3, 0.4) is 0 Å². The van der Waals surface area contributed by atoms with Crippen molar-refractivity contribution in [2.24, 2.45) is 0 Å². The molecule has 2 aromatic carbocycles. The summed E-state index contributed by atoms with van der Waals surface area (Å²) in [5.74, 6) is 0. The average molecular weight is 249 g/mol. The van der Waals surface area contributed by atoms with Crippen molar-refractivity contribution in [1.82, 2.24) is 0 Å². The number of nitrogens with zero attached hydrogens (tertiary/aromatic N) is 1. The standard InChI is InChI=1S/C18H19N/c1-2-8-17(15-9-4-3-5-10-15)19-14-13-16-11-6-7-12-18(16)19/h2-7,9-12,17H,1,8,13-14H2. The van der Waals surface area contributed by atoms with Crippen molar-refractivity contribution in [3.8, 4) is 0 Å². The minimum atomic E-state index is 0.405. The lowest BCUT2D eigenvalue weighted by atomic mass is 10.0. The Bertz CT molecular complexity index is 559. The fourth-order valence-corrected chi connectivity index (χ4v) is 2.96. The molecule has 1 heteroatoms. The van der Waals surface area contributed by atoms with Crippen molar-refractivity contribution >= 4 is 5.69 Å². The molecule has 0 N–H and O–H groups in total. The Labute approximate surface area is 115 Å². The van der Waals surface area contributed by atoms with E-state index in [0.717, 1.165) is 19.4 Å². The quantitative estimate of drug-likeness (QED) is 0.727. The van der Waals surface area contributed by atoms with Gasteiger partial charge in [-0.2, -0.15) is 0 Å². The van der Waals surface area contributed by atoms with Gasteiger partial charge in [-0.05, 0) is 30.0 Å². The summed E-state index contributed by atoms with van der Waals surface area (Å²) in [6.45, 7) is 5.03. The summed E-state index contributed by atoms with van der Waals surface area (Å²) in [5.41, 5.74) is 4.23. The molecule has 1 unspecified atom stereocenters. The number of hydrogen-bond donors (Lipinski definition) is 0. The van der Waals surface area contributed by atoms with E-state index >= 15 is 0 Å². The van der Waals surface area contributed by atoms with Gasteiger partial charge in [-0.1, -0.05) is 54.6 Å². The summed E-state index contributed by atoms with van der Waals surface area (Å²) in [5, 5.41) is 0. The van der Waals surface area contributed by atoms with E-state index in [1.165, 1.54) is 16.8 Å². The molecule has 1 aliphatic rings. The van der Waals surface area contributed by atoms with Gasteiger partial charge in [-0.15, -0.1) is 6.58 Å². The van der Waals surface area contributed by atoms with Crippen molar-refractivity contribution in [2.45, 2.75) is 18.9 Å². The minimum Gasteiger partial charge on any atom is -0.364 e. The maximum atomic E-state index is 3.93. The van der Waals surface area contributed by atoms with Crippen LogP contribution in [0.25, 0.3) is 0 Å². The van der Waals surface area contributed by atoms with Gasteiger partial charge in [0.05, 0.1) is 6.04 Å². The second-order valence-electron chi connectivity index (χ2n) is 5.02. The lowest BCUT2D eigenvalue weighted by Gasteiger charge is -2.30. The maximum Gasteiger partial charge on any atom is 0.0576 e. The van der Waals surface area contributed by atoms with E-state index < -0.39 is 0 Å². The Balaban J connectivity index is 1.96. The SMILES string of the molecule is C=CCC(c1ccccc1)N1CCc2ccccc21. The molecule has 1 atom stereocenters. The molecule has 0 saturated carbocycles. The first-order valence-corrected chi connectivity index (χ1v) is 6.90. The summed E-state index contributed by atoms with van der Waals surface area (Å²) in [4.78, 5) is 2.52. The van der Waals surface area contributed by atoms with E-state index in [-0.39, 0.29) is 0 Å². The number of para-hydroxylation sites is 1. The van der Waals surface area contributed by atoms with Crippen LogP contribution in [0.1, 0.15) is 23.6 Å². The molecule has 0 saturated heterocycles. The van der Waals surface area contributed by atoms with Crippen molar-refractivity contribution in [3.05, 3.63) is 78.4 Å². The molecular weight excluding hydrogens is 230 g/mol. The van der Waals surface area contributed by atoms with Crippen LogP contribution in [0.4, 0.5) is 5.69 Å². The molecule has 0 amide bonds. The zero-order chi connectivity index (χ0) is 13.1. The van der Waals surface area contributed by atoms with Gasteiger partial charge in [-0.3, -0.25) is 0 Å². The van der Waals surface area contributed by atoms with Crippen molar-refractivity contribution < 1.29 is 0 Å². The van der Waals surface area contributed by atoms with Gasteiger partial charge in [-0.25, -0.2) is 0 Å². The van der Waals surface area contributed by atoms with E-state index in [0.29, 0.717) is 6.04 Å². The minimum absolute atomic E-state index is 0.405. The summed E-state index contributed by atoms with van der Waals surface area (Å²) in [6.07, 6.45) is 4.16. The average Bonchev–Trinajstić information content (AvgIpc) is 2.89. The van der Waals surface area contributed by atoms with E-state index in [9.17, 15) is 0 Å². The summed E-state index contributed by atoms with van der Waals surface area (Å²) < 4.78 is 0. The third-order valence-corrected chi connectivity index (χ3v) is 3.87. The molecule has 0 aliphatic carbocycles. The van der Waals surface area contributed by atoms with Gasteiger partial charge in [0.2, 0.25) is 0 Å². The first kappa shape index (κ1) is 12.0. The highest BCUT2D eigenvalue weighted by Crippen LogP contribution is 2.36. The molecule has 0 radical (unpaired) electrons. The summed E-state index contributed by atoms with van der Waals surface area (Å²) in [6, 6.07) is 19.9. The largest absolute Gasteiger partial charge is 0.364 e. The molecule has 0 fully saturated rings. The Kier molecular flexibility index (Phi) is 3.37. The molecule has 1 aliphatic heterocycles. The number of anilines is 1. The zero-order valence-corrected chi connectivity index (χ0v) is 11.1. The number of fused-ring (bicyclic) bond motifs is 1. The highest BCUT2D eigenvalue weighted by molar-refractivity contribution is 5.59. The third-order valence-electron chi connectivity index (χ3n) is 3.87. The van der Waals surface area contributed by atoms with E-state index in [4.69, 9.17) is 0 Å². The van der Waals surface area contributed by atoms with Crippen LogP contribution in [-0.2, 0) is 6.42 Å². The van der Waals surface area contributed by atoms with Gasteiger partial charge in [0.15, 0.2) is 0 Å². The van der Waals surface area contributed by atoms with Crippen LogP contribution in [0, 0.1) is 0 Å². The van der Waals surface area contributed by atoms with Gasteiger partial charge in [0.25, 0.3) is 0 Å². The van der Waals surface area contributed by atoms with Crippen LogP contribution >= 0.6 is 0 Å². The smallest absolute Gasteiger partial charge is 0.0576 e. The Morgan fingerprint density at radius 3 is 2.58 bits per heavy atom. The monoisotopic (exact) mass is 249 g/mol. The van der Waals surface area contributed by atoms with E-state index in [1.54, 1.807) is 0 Å². The highest BCUT2D eigenvalue weighted by atomic mass is 15.2. The molecule has 1 heterocycles. The fourth-order valence-electron chi connectivity index (χ4n) is 2.96. The van der Waals surface area contributed by atoms with E-state index in [1.807, 2.05) is 6.08 Å². The molecule has 0 bridgehead atoms. The van der Waals surface area contributed by atoms with Gasteiger partial charge >= 0.3 is 0 Å². The molecule has 2 aromatic rings. The van der Waals surface area contributed by atoms with Crippen molar-refractivity contribution in [1.29, 1.82) is 0 Å². The second kappa shape index (κ2) is 5.31. The predicted octanol–water partition coefficient (Wildman–Crippen LogP) is 4.37. The van der Waals surface area contributed by atoms with Crippen molar-refractivity contribution in [3.63, 3.8) is 0 Å². The molecular formula is C18H19N. The first-order chi connectivity index (χ1) is 9.40. The molecule has 0 spiro atoms. The molecule has 3 rings (SSSR count). The van der Waals surface area contributed by atoms with E-state index in [2.05, 4.69) is 66.1 Å². The molecule has 19 heavy (non-hydrogen) atoms. The van der Waals surface area contributed by atoms with Gasteiger partial charge in [0.1, 0.15) is 0 Å². The van der Waals surface area contributed by atoms with Crippen LogP contribution in [0.2, 0.25) is 0 Å². The lowest BCUT2D eigenvalue weighted by molar-refractivity contribution is 0.649.